The Labute approximate surface area is 242 Å². The lowest BCUT2D eigenvalue weighted by Gasteiger charge is -2.33. The molecule has 40 heavy (non-hydrogen) atoms. The molecule has 0 bridgehead atoms. The molecule has 8 nitrogen and oxygen atoms in total. The SMILES string of the molecule is CCN1CCN(CC(O)[C@@H]2Cc3ccccc3CN2)C(=O)c2ccc(C(=O)N(C)CCc3cccnc3)cc21.Cl. The Balaban J connectivity index is 0.00000370. The van der Waals surface area contributed by atoms with Crippen molar-refractivity contribution in [1.29, 1.82) is 0 Å². The molecule has 0 fully saturated rings. The molecule has 0 radical (unpaired) electrons. The third-order valence-corrected chi connectivity index (χ3v) is 7.91. The molecule has 1 aromatic heterocycles. The van der Waals surface area contributed by atoms with Crippen molar-refractivity contribution >= 4 is 29.9 Å². The summed E-state index contributed by atoms with van der Waals surface area (Å²) < 4.78 is 0. The van der Waals surface area contributed by atoms with E-state index in [-0.39, 0.29) is 36.8 Å². The van der Waals surface area contributed by atoms with Gasteiger partial charge in [0.2, 0.25) is 0 Å². The van der Waals surface area contributed by atoms with Gasteiger partial charge in [-0.15, -0.1) is 12.4 Å². The van der Waals surface area contributed by atoms with Gasteiger partial charge in [-0.3, -0.25) is 14.6 Å². The van der Waals surface area contributed by atoms with Gasteiger partial charge in [0.1, 0.15) is 0 Å². The van der Waals surface area contributed by atoms with Gasteiger partial charge < -0.3 is 25.1 Å². The Morgan fingerprint density at radius 1 is 1.12 bits per heavy atom. The van der Waals surface area contributed by atoms with E-state index in [0.29, 0.717) is 43.9 Å². The van der Waals surface area contributed by atoms with Gasteiger partial charge in [-0.1, -0.05) is 30.3 Å². The molecule has 0 aliphatic carbocycles. The number of hydrogen-bond donors (Lipinski definition) is 2. The van der Waals surface area contributed by atoms with Crippen LogP contribution in [0.1, 0.15) is 44.3 Å². The number of amides is 2. The Kier molecular flexibility index (Phi) is 9.79. The van der Waals surface area contributed by atoms with Crippen LogP contribution >= 0.6 is 12.4 Å². The molecule has 0 saturated heterocycles. The van der Waals surface area contributed by atoms with Crippen LogP contribution in [0.2, 0.25) is 0 Å². The zero-order valence-corrected chi connectivity index (χ0v) is 23.9. The van der Waals surface area contributed by atoms with Crippen molar-refractivity contribution in [3.05, 3.63) is 94.8 Å². The molecule has 2 aromatic carbocycles. The van der Waals surface area contributed by atoms with Crippen LogP contribution in [-0.4, -0.2) is 83.6 Å². The predicted octanol–water partition coefficient (Wildman–Crippen LogP) is 3.18. The van der Waals surface area contributed by atoms with Crippen molar-refractivity contribution in [1.82, 2.24) is 20.1 Å². The van der Waals surface area contributed by atoms with Crippen molar-refractivity contribution in [2.24, 2.45) is 0 Å². The first-order valence-electron chi connectivity index (χ1n) is 13.8. The minimum atomic E-state index is -0.687. The van der Waals surface area contributed by atoms with Crippen LogP contribution in [0.25, 0.3) is 0 Å². The number of benzene rings is 2. The van der Waals surface area contributed by atoms with E-state index >= 15 is 0 Å². The number of hydrogen-bond acceptors (Lipinski definition) is 6. The number of likely N-dealkylation sites (N-methyl/N-ethyl adjacent to an activating group) is 2. The Morgan fingerprint density at radius 3 is 2.65 bits per heavy atom. The molecule has 9 heteroatoms. The molecule has 5 rings (SSSR count). The zero-order valence-electron chi connectivity index (χ0n) is 23.1. The number of carbonyl (C=O) groups is 2. The summed E-state index contributed by atoms with van der Waals surface area (Å²) in [6.45, 7) is 5.46. The fourth-order valence-electron chi connectivity index (χ4n) is 5.51. The number of pyridine rings is 1. The Morgan fingerprint density at radius 2 is 1.90 bits per heavy atom. The molecule has 3 heterocycles. The highest BCUT2D eigenvalue weighted by Gasteiger charge is 2.31. The molecule has 2 N–H and O–H groups in total. The standard InChI is InChI=1S/C31H37N5O3.ClH/c1-3-35-15-16-36(21-29(37)27-17-23-8-4-5-9-25(23)20-33-27)31(39)26-11-10-24(18-28(26)35)30(38)34(2)14-12-22-7-6-13-32-19-22;/h4-11,13,18-19,27,29,33,37H,3,12,14-17,20-21H2,1-2H3;1H/t27-,29?;/m0./s1. The van der Waals surface area contributed by atoms with Crippen molar-refractivity contribution in [2.45, 2.75) is 38.5 Å². The average molecular weight is 564 g/mol. The van der Waals surface area contributed by atoms with Crippen LogP contribution in [-0.2, 0) is 19.4 Å². The maximum Gasteiger partial charge on any atom is 0.256 e. The number of anilines is 1. The minimum Gasteiger partial charge on any atom is -0.390 e. The highest BCUT2D eigenvalue weighted by atomic mass is 35.5. The van der Waals surface area contributed by atoms with Crippen molar-refractivity contribution in [2.75, 3.05) is 44.7 Å². The number of aromatic nitrogens is 1. The van der Waals surface area contributed by atoms with Crippen molar-refractivity contribution in [3.8, 4) is 0 Å². The summed E-state index contributed by atoms with van der Waals surface area (Å²) in [4.78, 5) is 36.6. The van der Waals surface area contributed by atoms with Crippen LogP contribution in [0.4, 0.5) is 5.69 Å². The molecule has 212 valence electrons. The van der Waals surface area contributed by atoms with Gasteiger partial charge in [-0.2, -0.15) is 0 Å². The fourth-order valence-corrected chi connectivity index (χ4v) is 5.51. The Bertz CT molecular complexity index is 1320. The highest BCUT2D eigenvalue weighted by molar-refractivity contribution is 6.03. The molecule has 2 aliphatic heterocycles. The van der Waals surface area contributed by atoms with E-state index in [1.54, 1.807) is 35.2 Å². The van der Waals surface area contributed by atoms with Gasteiger partial charge in [0.05, 0.1) is 17.4 Å². The second-order valence-electron chi connectivity index (χ2n) is 10.4. The summed E-state index contributed by atoms with van der Waals surface area (Å²) in [5, 5.41) is 14.6. The molecule has 2 atom stereocenters. The lowest BCUT2D eigenvalue weighted by Crippen LogP contribution is -2.50. The summed E-state index contributed by atoms with van der Waals surface area (Å²) in [7, 11) is 1.80. The minimum absolute atomic E-state index is 0. The van der Waals surface area contributed by atoms with E-state index in [1.807, 2.05) is 36.5 Å². The number of halogens is 1. The molecular weight excluding hydrogens is 526 g/mol. The molecule has 1 unspecified atom stereocenters. The largest absolute Gasteiger partial charge is 0.390 e. The van der Waals surface area contributed by atoms with E-state index in [2.05, 4.69) is 34.3 Å². The number of nitrogens with one attached hydrogen (secondary N) is 1. The first-order chi connectivity index (χ1) is 18.9. The third kappa shape index (κ3) is 6.46. The first kappa shape index (κ1) is 29.5. The third-order valence-electron chi connectivity index (χ3n) is 7.91. The highest BCUT2D eigenvalue weighted by Crippen LogP contribution is 2.28. The number of fused-ring (bicyclic) bond motifs is 2. The number of rotatable bonds is 8. The number of carbonyl (C=O) groups excluding carboxylic acids is 2. The maximum absolute atomic E-state index is 13.7. The summed E-state index contributed by atoms with van der Waals surface area (Å²) in [6, 6.07) is 17.4. The molecular formula is C31H38ClN5O3. The fraction of sp³-hybridized carbons (Fsp3) is 0.387. The van der Waals surface area contributed by atoms with Gasteiger partial charge in [0.25, 0.3) is 11.8 Å². The molecule has 0 saturated carbocycles. The number of nitrogens with zero attached hydrogens (tertiary/aromatic N) is 4. The van der Waals surface area contributed by atoms with Crippen molar-refractivity contribution < 1.29 is 14.7 Å². The molecule has 2 amide bonds. The molecule has 0 spiro atoms. The zero-order chi connectivity index (χ0) is 27.4. The monoisotopic (exact) mass is 563 g/mol. The molecule has 3 aromatic rings. The van der Waals surface area contributed by atoms with Crippen LogP contribution in [0.5, 0.6) is 0 Å². The topological polar surface area (TPSA) is 89.0 Å². The van der Waals surface area contributed by atoms with Gasteiger partial charge in [0.15, 0.2) is 0 Å². The normalized spacial score (nSPS) is 17.3. The number of aliphatic hydroxyl groups excluding tert-OH is 1. The maximum atomic E-state index is 13.7. The second kappa shape index (κ2) is 13.3. The van der Waals surface area contributed by atoms with E-state index in [9.17, 15) is 14.7 Å². The van der Waals surface area contributed by atoms with Gasteiger partial charge >= 0.3 is 0 Å². The Hall–Kier alpha value is -3.46. The van der Waals surface area contributed by atoms with E-state index in [4.69, 9.17) is 0 Å². The summed E-state index contributed by atoms with van der Waals surface area (Å²) in [6.07, 6.45) is 4.32. The summed E-state index contributed by atoms with van der Waals surface area (Å²) >= 11 is 0. The van der Waals surface area contributed by atoms with Gasteiger partial charge in [0, 0.05) is 70.3 Å². The van der Waals surface area contributed by atoms with Crippen LogP contribution in [0, 0.1) is 0 Å². The van der Waals surface area contributed by atoms with E-state index < -0.39 is 6.10 Å². The first-order valence-corrected chi connectivity index (χ1v) is 13.8. The summed E-state index contributed by atoms with van der Waals surface area (Å²) in [5.74, 6) is -0.189. The van der Waals surface area contributed by atoms with Crippen molar-refractivity contribution in [3.63, 3.8) is 0 Å². The quantitative estimate of drug-likeness (QED) is 0.438. The van der Waals surface area contributed by atoms with Crippen LogP contribution in [0.15, 0.2) is 67.0 Å². The van der Waals surface area contributed by atoms with Crippen LogP contribution < -0.4 is 10.2 Å². The van der Waals surface area contributed by atoms with E-state index in [1.165, 1.54) is 11.1 Å². The molecule has 2 aliphatic rings. The smallest absolute Gasteiger partial charge is 0.256 e. The lowest BCUT2D eigenvalue weighted by atomic mass is 9.92. The summed E-state index contributed by atoms with van der Waals surface area (Å²) in [5.41, 5.74) is 5.48. The van der Waals surface area contributed by atoms with Crippen LogP contribution in [0.3, 0.4) is 0 Å². The van der Waals surface area contributed by atoms with E-state index in [0.717, 1.165) is 24.1 Å². The second-order valence-corrected chi connectivity index (χ2v) is 10.4. The average Bonchev–Trinajstić information content (AvgIpc) is 3.11. The number of aliphatic hydroxyl groups is 1. The lowest BCUT2D eigenvalue weighted by molar-refractivity contribution is 0.0540. The number of β-amino-alcohol motifs (C(OH)–C–C–N with tert-alkyl or cyclic N) is 1. The predicted molar refractivity (Wildman–Crippen MR) is 159 cm³/mol. The van der Waals surface area contributed by atoms with Gasteiger partial charge in [-0.25, -0.2) is 0 Å². The van der Waals surface area contributed by atoms with Gasteiger partial charge in [-0.05, 0) is 60.7 Å².